The molecule has 0 saturated carbocycles. The SMILES string of the molecule is CC(C)c1nc(CCNC(=O)N2CCCCC2c2cccn2C)cs1. The van der Waals surface area contributed by atoms with E-state index in [1.807, 2.05) is 4.90 Å². The summed E-state index contributed by atoms with van der Waals surface area (Å²) in [5.41, 5.74) is 2.29. The van der Waals surface area contributed by atoms with Gasteiger partial charge in [0.25, 0.3) is 0 Å². The van der Waals surface area contributed by atoms with Crippen molar-refractivity contribution in [3.8, 4) is 0 Å². The van der Waals surface area contributed by atoms with Crippen molar-refractivity contribution < 1.29 is 4.79 Å². The molecule has 2 amide bonds. The van der Waals surface area contributed by atoms with Crippen molar-refractivity contribution in [2.45, 2.75) is 51.5 Å². The largest absolute Gasteiger partial charge is 0.353 e. The van der Waals surface area contributed by atoms with Crippen LogP contribution in [0.5, 0.6) is 0 Å². The van der Waals surface area contributed by atoms with Gasteiger partial charge < -0.3 is 14.8 Å². The average Bonchev–Trinajstić information content (AvgIpc) is 3.24. The number of urea groups is 1. The van der Waals surface area contributed by atoms with Gasteiger partial charge in [-0.15, -0.1) is 11.3 Å². The molecular formula is C19H28N4OS. The van der Waals surface area contributed by atoms with Crippen LogP contribution in [0.3, 0.4) is 0 Å². The number of aryl methyl sites for hydroxylation is 1. The minimum absolute atomic E-state index is 0.0465. The molecule has 1 aliphatic heterocycles. The van der Waals surface area contributed by atoms with Gasteiger partial charge in [-0.3, -0.25) is 0 Å². The Bertz CT molecular complexity index is 706. The fourth-order valence-electron chi connectivity index (χ4n) is 3.40. The maximum atomic E-state index is 12.7. The van der Waals surface area contributed by atoms with Crippen molar-refractivity contribution in [3.63, 3.8) is 0 Å². The van der Waals surface area contributed by atoms with Crippen LogP contribution < -0.4 is 5.32 Å². The molecule has 1 fully saturated rings. The molecule has 2 aromatic heterocycles. The number of nitrogens with zero attached hydrogens (tertiary/aromatic N) is 3. The summed E-state index contributed by atoms with van der Waals surface area (Å²) in [5.74, 6) is 0.465. The quantitative estimate of drug-likeness (QED) is 0.873. The molecule has 1 saturated heterocycles. The Labute approximate surface area is 154 Å². The first kappa shape index (κ1) is 18.0. The molecule has 1 aliphatic rings. The topological polar surface area (TPSA) is 50.2 Å². The Kier molecular flexibility index (Phi) is 5.78. The van der Waals surface area contributed by atoms with E-state index in [0.717, 1.165) is 31.5 Å². The van der Waals surface area contributed by atoms with Gasteiger partial charge in [0.15, 0.2) is 0 Å². The minimum Gasteiger partial charge on any atom is -0.353 e. The molecule has 3 rings (SSSR count). The van der Waals surface area contributed by atoms with Crippen molar-refractivity contribution in [2.75, 3.05) is 13.1 Å². The first-order chi connectivity index (χ1) is 12.1. The molecule has 25 heavy (non-hydrogen) atoms. The van der Waals surface area contributed by atoms with Crippen LogP contribution in [-0.2, 0) is 13.5 Å². The summed E-state index contributed by atoms with van der Waals surface area (Å²) in [6, 6.07) is 4.40. The summed E-state index contributed by atoms with van der Waals surface area (Å²) in [6.07, 6.45) is 6.13. The number of amides is 2. The highest BCUT2D eigenvalue weighted by atomic mass is 32.1. The van der Waals surface area contributed by atoms with Crippen molar-refractivity contribution >= 4 is 17.4 Å². The molecule has 6 heteroatoms. The summed E-state index contributed by atoms with van der Waals surface area (Å²) in [7, 11) is 2.05. The maximum Gasteiger partial charge on any atom is 0.317 e. The fourth-order valence-corrected chi connectivity index (χ4v) is 4.27. The van der Waals surface area contributed by atoms with Gasteiger partial charge in [0.05, 0.1) is 16.7 Å². The van der Waals surface area contributed by atoms with E-state index in [4.69, 9.17) is 0 Å². The van der Waals surface area contributed by atoms with Crippen LogP contribution in [0, 0.1) is 0 Å². The molecule has 0 aromatic carbocycles. The van der Waals surface area contributed by atoms with Crippen LogP contribution in [0.25, 0.3) is 0 Å². The van der Waals surface area contributed by atoms with E-state index in [-0.39, 0.29) is 12.1 Å². The number of likely N-dealkylation sites (tertiary alicyclic amines) is 1. The predicted octanol–water partition coefficient (Wildman–Crippen LogP) is 4.08. The first-order valence-corrected chi connectivity index (χ1v) is 10.0. The summed E-state index contributed by atoms with van der Waals surface area (Å²) >= 11 is 1.71. The van der Waals surface area contributed by atoms with E-state index in [0.29, 0.717) is 12.5 Å². The molecule has 0 bridgehead atoms. The first-order valence-electron chi connectivity index (χ1n) is 9.16. The van der Waals surface area contributed by atoms with E-state index < -0.39 is 0 Å². The van der Waals surface area contributed by atoms with E-state index in [1.54, 1.807) is 11.3 Å². The van der Waals surface area contributed by atoms with Gasteiger partial charge in [-0.1, -0.05) is 13.8 Å². The number of nitrogens with one attached hydrogen (secondary N) is 1. The molecule has 0 radical (unpaired) electrons. The van der Waals surface area contributed by atoms with E-state index in [1.165, 1.54) is 17.1 Å². The van der Waals surface area contributed by atoms with Crippen LogP contribution in [0.4, 0.5) is 4.79 Å². The average molecular weight is 361 g/mol. The third kappa shape index (κ3) is 4.24. The monoisotopic (exact) mass is 360 g/mol. The lowest BCUT2D eigenvalue weighted by Crippen LogP contribution is -2.45. The van der Waals surface area contributed by atoms with Gasteiger partial charge in [-0.05, 0) is 31.4 Å². The third-order valence-corrected chi connectivity index (χ3v) is 6.00. The van der Waals surface area contributed by atoms with Crippen LogP contribution in [0.15, 0.2) is 23.7 Å². The highest BCUT2D eigenvalue weighted by molar-refractivity contribution is 7.09. The molecule has 3 heterocycles. The Hall–Kier alpha value is -1.82. The molecule has 0 aliphatic carbocycles. The summed E-state index contributed by atoms with van der Waals surface area (Å²) in [6.45, 7) is 5.78. The van der Waals surface area contributed by atoms with E-state index >= 15 is 0 Å². The zero-order valence-corrected chi connectivity index (χ0v) is 16.2. The van der Waals surface area contributed by atoms with Crippen LogP contribution >= 0.6 is 11.3 Å². The third-order valence-electron chi connectivity index (χ3n) is 4.81. The lowest BCUT2D eigenvalue weighted by molar-refractivity contribution is 0.148. The Morgan fingerprint density at radius 1 is 1.44 bits per heavy atom. The number of thiazole rings is 1. The van der Waals surface area contributed by atoms with Crippen molar-refractivity contribution in [3.05, 3.63) is 40.1 Å². The molecule has 0 spiro atoms. The summed E-state index contributed by atoms with van der Waals surface area (Å²) in [4.78, 5) is 19.3. The van der Waals surface area contributed by atoms with Crippen molar-refractivity contribution in [2.24, 2.45) is 7.05 Å². The fraction of sp³-hybridized carbons (Fsp3) is 0.579. The van der Waals surface area contributed by atoms with Crippen LogP contribution in [0.2, 0.25) is 0 Å². The number of carbonyl (C=O) groups is 1. The molecule has 1 N–H and O–H groups in total. The zero-order valence-electron chi connectivity index (χ0n) is 15.4. The molecule has 2 aromatic rings. The van der Waals surface area contributed by atoms with Gasteiger partial charge in [-0.25, -0.2) is 9.78 Å². The molecule has 136 valence electrons. The zero-order chi connectivity index (χ0) is 17.8. The molecule has 1 unspecified atom stereocenters. The summed E-state index contributed by atoms with van der Waals surface area (Å²) in [5, 5.41) is 6.37. The van der Waals surface area contributed by atoms with Crippen molar-refractivity contribution in [1.82, 2.24) is 19.8 Å². The maximum absolute atomic E-state index is 12.7. The Morgan fingerprint density at radius 2 is 2.28 bits per heavy atom. The highest BCUT2D eigenvalue weighted by Crippen LogP contribution is 2.30. The molecular weight excluding hydrogens is 332 g/mol. The molecule has 1 atom stereocenters. The number of piperidine rings is 1. The standard InChI is InChI=1S/C19H28N4OS/c1-14(2)18-21-15(13-25-18)9-10-20-19(24)23-12-5-4-7-17(23)16-8-6-11-22(16)3/h6,8,11,13-14,17H,4-5,7,9-10,12H2,1-3H3,(H,20,24). The number of rotatable bonds is 5. The second-order valence-electron chi connectivity index (χ2n) is 7.06. The Balaban J connectivity index is 1.56. The van der Waals surface area contributed by atoms with Gasteiger partial charge >= 0.3 is 6.03 Å². The van der Waals surface area contributed by atoms with Crippen molar-refractivity contribution in [1.29, 1.82) is 0 Å². The lowest BCUT2D eigenvalue weighted by atomic mass is 10.00. The second-order valence-corrected chi connectivity index (χ2v) is 7.95. The van der Waals surface area contributed by atoms with E-state index in [2.05, 4.69) is 59.5 Å². The summed E-state index contributed by atoms with van der Waals surface area (Å²) < 4.78 is 2.12. The van der Waals surface area contributed by atoms with Gasteiger partial charge in [0, 0.05) is 49.7 Å². The number of aromatic nitrogens is 2. The van der Waals surface area contributed by atoms with Gasteiger partial charge in [0.1, 0.15) is 0 Å². The van der Waals surface area contributed by atoms with Crippen LogP contribution in [0.1, 0.15) is 61.5 Å². The second kappa shape index (κ2) is 8.04. The predicted molar refractivity (Wildman–Crippen MR) is 102 cm³/mol. The molecule has 5 nitrogen and oxygen atoms in total. The normalized spacial score (nSPS) is 17.9. The highest BCUT2D eigenvalue weighted by Gasteiger charge is 2.29. The lowest BCUT2D eigenvalue weighted by Gasteiger charge is -2.36. The van der Waals surface area contributed by atoms with Gasteiger partial charge in [-0.2, -0.15) is 0 Å². The van der Waals surface area contributed by atoms with Gasteiger partial charge in [0.2, 0.25) is 0 Å². The van der Waals surface area contributed by atoms with E-state index in [9.17, 15) is 4.79 Å². The smallest absolute Gasteiger partial charge is 0.317 e. The number of carbonyl (C=O) groups excluding carboxylic acids is 1. The minimum atomic E-state index is 0.0465. The number of hydrogen-bond donors (Lipinski definition) is 1. The Morgan fingerprint density at radius 3 is 2.96 bits per heavy atom. The van der Waals surface area contributed by atoms with Crippen LogP contribution in [-0.4, -0.2) is 33.6 Å². The number of hydrogen-bond acceptors (Lipinski definition) is 3.